The Labute approximate surface area is 122 Å². The van der Waals surface area contributed by atoms with Gasteiger partial charge in [-0.05, 0) is 13.0 Å². The third-order valence-corrected chi connectivity index (χ3v) is 3.22. The summed E-state index contributed by atoms with van der Waals surface area (Å²) in [5.41, 5.74) is 0.415. The van der Waals surface area contributed by atoms with Gasteiger partial charge < -0.3 is 18.6 Å². The number of methoxy groups -OCH3 is 1. The molecular weight excluding hydrogens is 278 g/mol. The van der Waals surface area contributed by atoms with Gasteiger partial charge in [-0.2, -0.15) is 0 Å². The second kappa shape index (κ2) is 7.24. The van der Waals surface area contributed by atoms with E-state index in [1.54, 1.807) is 13.0 Å². The molecule has 21 heavy (non-hydrogen) atoms. The molecule has 0 amide bonds. The second-order valence-corrected chi connectivity index (χ2v) is 4.60. The number of nitrogens with zero attached hydrogens (tertiary/aromatic N) is 1. The van der Waals surface area contributed by atoms with E-state index >= 15 is 0 Å². The molecule has 0 saturated carbocycles. The number of rotatable bonds is 5. The van der Waals surface area contributed by atoms with Crippen LogP contribution in [0.1, 0.15) is 23.0 Å². The number of ether oxygens (including phenoxy) is 3. The summed E-state index contributed by atoms with van der Waals surface area (Å²) in [5, 5.41) is 0. The van der Waals surface area contributed by atoms with Gasteiger partial charge in [0.2, 0.25) is 0 Å². The first kappa shape index (κ1) is 15.5. The van der Waals surface area contributed by atoms with Crippen LogP contribution in [0.15, 0.2) is 16.7 Å². The van der Waals surface area contributed by atoms with Gasteiger partial charge in [0.25, 0.3) is 0 Å². The Morgan fingerprint density at radius 3 is 3.00 bits per heavy atom. The van der Waals surface area contributed by atoms with Crippen LogP contribution in [0.5, 0.6) is 0 Å². The lowest BCUT2D eigenvalue weighted by Crippen LogP contribution is -2.46. The normalized spacial score (nSPS) is 19.2. The molecule has 1 aliphatic rings. The summed E-state index contributed by atoms with van der Waals surface area (Å²) < 4.78 is 20.4. The summed E-state index contributed by atoms with van der Waals surface area (Å²) in [6.45, 7) is 3.95. The molecular formula is C14H19NO6. The van der Waals surface area contributed by atoms with Crippen LogP contribution < -0.4 is 0 Å². The molecule has 1 saturated heterocycles. The van der Waals surface area contributed by atoms with E-state index in [4.69, 9.17) is 13.9 Å². The standard InChI is InChI=1S/C14H19NO6/c1-3-19-13(16)10-4-6-20-11(10)8-15-5-7-21-12(9-15)14(17)18-2/h4,6,12H,3,5,7-9H2,1-2H3. The third kappa shape index (κ3) is 3.83. The summed E-state index contributed by atoms with van der Waals surface area (Å²) in [6, 6.07) is 1.59. The summed E-state index contributed by atoms with van der Waals surface area (Å²) in [6.07, 6.45) is 0.851. The number of carbonyl (C=O) groups excluding carboxylic acids is 2. The fourth-order valence-corrected chi connectivity index (χ4v) is 2.18. The highest BCUT2D eigenvalue weighted by atomic mass is 16.6. The van der Waals surface area contributed by atoms with Crippen LogP contribution in [-0.4, -0.2) is 56.4 Å². The molecule has 1 atom stereocenters. The first-order valence-corrected chi connectivity index (χ1v) is 6.81. The van der Waals surface area contributed by atoms with E-state index in [1.165, 1.54) is 13.4 Å². The van der Waals surface area contributed by atoms with Gasteiger partial charge in [0.1, 0.15) is 11.3 Å². The lowest BCUT2D eigenvalue weighted by Gasteiger charge is -2.30. The molecule has 116 valence electrons. The van der Waals surface area contributed by atoms with Crippen LogP contribution in [0, 0.1) is 0 Å². The van der Waals surface area contributed by atoms with Gasteiger partial charge >= 0.3 is 11.9 Å². The molecule has 1 aromatic heterocycles. The number of morpholine rings is 1. The van der Waals surface area contributed by atoms with E-state index < -0.39 is 18.0 Å². The molecule has 1 unspecified atom stereocenters. The van der Waals surface area contributed by atoms with Gasteiger partial charge in [-0.25, -0.2) is 9.59 Å². The average Bonchev–Trinajstić information content (AvgIpc) is 2.95. The second-order valence-electron chi connectivity index (χ2n) is 4.60. The van der Waals surface area contributed by atoms with Crippen molar-refractivity contribution in [1.29, 1.82) is 0 Å². The maximum atomic E-state index is 11.8. The first-order chi connectivity index (χ1) is 10.2. The Kier molecular flexibility index (Phi) is 5.35. The first-order valence-electron chi connectivity index (χ1n) is 6.81. The third-order valence-electron chi connectivity index (χ3n) is 3.22. The lowest BCUT2D eigenvalue weighted by molar-refractivity contribution is -0.160. The Bertz CT molecular complexity index is 497. The van der Waals surface area contributed by atoms with Gasteiger partial charge in [-0.15, -0.1) is 0 Å². The largest absolute Gasteiger partial charge is 0.467 e. The topological polar surface area (TPSA) is 78.2 Å². The zero-order valence-corrected chi connectivity index (χ0v) is 12.2. The highest BCUT2D eigenvalue weighted by molar-refractivity contribution is 5.90. The lowest BCUT2D eigenvalue weighted by atomic mass is 10.2. The molecule has 1 fully saturated rings. The molecule has 0 spiro atoms. The molecule has 7 nitrogen and oxygen atoms in total. The highest BCUT2D eigenvalue weighted by Gasteiger charge is 2.28. The maximum Gasteiger partial charge on any atom is 0.341 e. The Morgan fingerprint density at radius 2 is 2.29 bits per heavy atom. The minimum Gasteiger partial charge on any atom is -0.467 e. The predicted molar refractivity (Wildman–Crippen MR) is 71.7 cm³/mol. The Morgan fingerprint density at radius 1 is 1.48 bits per heavy atom. The van der Waals surface area contributed by atoms with Crippen molar-refractivity contribution in [3.05, 3.63) is 23.7 Å². The van der Waals surface area contributed by atoms with Crippen molar-refractivity contribution in [3.8, 4) is 0 Å². The van der Waals surface area contributed by atoms with Crippen molar-refractivity contribution < 1.29 is 28.2 Å². The van der Waals surface area contributed by atoms with Crippen molar-refractivity contribution in [2.45, 2.75) is 19.6 Å². The molecule has 2 heterocycles. The zero-order chi connectivity index (χ0) is 15.2. The SMILES string of the molecule is CCOC(=O)c1ccoc1CN1CCOC(C(=O)OC)C1. The van der Waals surface area contributed by atoms with Crippen molar-refractivity contribution in [3.63, 3.8) is 0 Å². The van der Waals surface area contributed by atoms with Crippen LogP contribution in [0.3, 0.4) is 0 Å². The summed E-state index contributed by atoms with van der Waals surface area (Å²) in [5.74, 6) is -0.275. The van der Waals surface area contributed by atoms with E-state index in [0.717, 1.165) is 0 Å². The van der Waals surface area contributed by atoms with Gasteiger partial charge in [-0.1, -0.05) is 0 Å². The minimum absolute atomic E-state index is 0.311. The maximum absolute atomic E-state index is 11.8. The van der Waals surface area contributed by atoms with Crippen molar-refractivity contribution >= 4 is 11.9 Å². The van der Waals surface area contributed by atoms with E-state index in [1.807, 2.05) is 4.90 Å². The molecule has 1 aliphatic heterocycles. The van der Waals surface area contributed by atoms with Gasteiger partial charge in [-0.3, -0.25) is 4.90 Å². The van der Waals surface area contributed by atoms with Crippen LogP contribution in [0.25, 0.3) is 0 Å². The summed E-state index contributed by atoms with van der Waals surface area (Å²) in [7, 11) is 1.33. The molecule has 0 aromatic carbocycles. The van der Waals surface area contributed by atoms with Crippen molar-refractivity contribution in [1.82, 2.24) is 4.90 Å². The van der Waals surface area contributed by atoms with Crippen LogP contribution >= 0.6 is 0 Å². The van der Waals surface area contributed by atoms with E-state index in [0.29, 0.717) is 44.2 Å². The van der Waals surface area contributed by atoms with Crippen LogP contribution in [0.2, 0.25) is 0 Å². The van der Waals surface area contributed by atoms with Gasteiger partial charge in [0.05, 0.1) is 33.1 Å². The monoisotopic (exact) mass is 297 g/mol. The Balaban J connectivity index is 2.00. The van der Waals surface area contributed by atoms with Crippen molar-refractivity contribution in [2.75, 3.05) is 33.4 Å². The molecule has 1 aromatic rings. The fraction of sp³-hybridized carbons (Fsp3) is 0.571. The molecule has 7 heteroatoms. The quantitative estimate of drug-likeness (QED) is 0.745. The van der Waals surface area contributed by atoms with E-state index in [-0.39, 0.29) is 0 Å². The average molecular weight is 297 g/mol. The number of esters is 2. The Hall–Kier alpha value is -1.86. The van der Waals surface area contributed by atoms with E-state index in [2.05, 4.69) is 4.74 Å². The van der Waals surface area contributed by atoms with Gasteiger partial charge in [0, 0.05) is 13.1 Å². The minimum atomic E-state index is -0.607. The number of hydrogen-bond acceptors (Lipinski definition) is 7. The zero-order valence-electron chi connectivity index (χ0n) is 12.2. The molecule has 2 rings (SSSR count). The van der Waals surface area contributed by atoms with Crippen LogP contribution in [0.4, 0.5) is 0 Å². The molecule has 0 aliphatic carbocycles. The molecule has 0 bridgehead atoms. The smallest absolute Gasteiger partial charge is 0.341 e. The molecule has 0 radical (unpaired) electrons. The fourth-order valence-electron chi connectivity index (χ4n) is 2.18. The number of furan rings is 1. The number of carbonyl (C=O) groups is 2. The number of hydrogen-bond donors (Lipinski definition) is 0. The van der Waals surface area contributed by atoms with E-state index in [9.17, 15) is 9.59 Å². The predicted octanol–water partition coefficient (Wildman–Crippen LogP) is 0.830. The summed E-state index contributed by atoms with van der Waals surface area (Å²) >= 11 is 0. The molecule has 0 N–H and O–H groups in total. The van der Waals surface area contributed by atoms with Crippen molar-refractivity contribution in [2.24, 2.45) is 0 Å². The van der Waals surface area contributed by atoms with Crippen LogP contribution in [-0.2, 0) is 25.5 Å². The summed E-state index contributed by atoms with van der Waals surface area (Å²) in [4.78, 5) is 25.3. The highest BCUT2D eigenvalue weighted by Crippen LogP contribution is 2.17. The van der Waals surface area contributed by atoms with Gasteiger partial charge in [0.15, 0.2) is 6.10 Å².